The number of aromatic nitrogens is 2. The summed E-state index contributed by atoms with van der Waals surface area (Å²) in [5.74, 6) is 0.539. The zero-order valence-electron chi connectivity index (χ0n) is 16.7. The lowest BCUT2D eigenvalue weighted by atomic mass is 10.1. The molecule has 0 aliphatic heterocycles. The van der Waals surface area contributed by atoms with Crippen molar-refractivity contribution >= 4 is 28.6 Å². The first-order valence-corrected chi connectivity index (χ1v) is 10.3. The van der Waals surface area contributed by atoms with Crippen LogP contribution in [0.25, 0.3) is 16.6 Å². The summed E-state index contributed by atoms with van der Waals surface area (Å²) in [4.78, 5) is 30.1. The van der Waals surface area contributed by atoms with Crippen molar-refractivity contribution in [2.75, 3.05) is 12.3 Å². The van der Waals surface area contributed by atoms with E-state index in [1.807, 2.05) is 44.2 Å². The van der Waals surface area contributed by atoms with Crippen LogP contribution >= 0.6 is 11.8 Å². The number of benzene rings is 2. The maximum atomic E-state index is 13.2. The molecule has 0 saturated carbocycles. The summed E-state index contributed by atoms with van der Waals surface area (Å²) in [6, 6.07) is 13.3. The van der Waals surface area contributed by atoms with Gasteiger partial charge in [0.05, 0.1) is 22.3 Å². The smallest absolute Gasteiger partial charge is 0.266 e. The largest absolute Gasteiger partial charge is 0.355 e. The number of para-hydroxylation sites is 1. The third kappa shape index (κ3) is 4.62. The van der Waals surface area contributed by atoms with Crippen LogP contribution in [-0.4, -0.2) is 27.8 Å². The highest BCUT2D eigenvalue weighted by molar-refractivity contribution is 7.99. The van der Waals surface area contributed by atoms with E-state index in [2.05, 4.69) is 30.2 Å². The van der Waals surface area contributed by atoms with Crippen molar-refractivity contribution in [1.82, 2.24) is 14.9 Å². The van der Waals surface area contributed by atoms with Crippen LogP contribution in [0.3, 0.4) is 0 Å². The topological polar surface area (TPSA) is 64.0 Å². The van der Waals surface area contributed by atoms with Crippen molar-refractivity contribution < 1.29 is 4.79 Å². The summed E-state index contributed by atoms with van der Waals surface area (Å²) in [6.45, 7) is 8.74. The Kier molecular flexibility index (Phi) is 6.19. The maximum absolute atomic E-state index is 13.2. The molecule has 5 nitrogen and oxygen atoms in total. The zero-order chi connectivity index (χ0) is 20.3. The number of amides is 1. The number of nitrogens with one attached hydrogen (secondary N) is 1. The average molecular weight is 396 g/mol. The fourth-order valence-electron chi connectivity index (χ4n) is 3.02. The first kappa shape index (κ1) is 20.1. The summed E-state index contributed by atoms with van der Waals surface area (Å²) < 4.78 is 1.61. The molecule has 0 aliphatic rings. The Bertz CT molecular complexity index is 1050. The molecule has 0 saturated heterocycles. The molecule has 1 aromatic heterocycles. The van der Waals surface area contributed by atoms with Crippen molar-refractivity contribution in [3.05, 3.63) is 63.9 Å². The number of aryl methyl sites for hydroxylation is 2. The molecule has 0 fully saturated rings. The molecular formula is C22H25N3O2S. The summed E-state index contributed by atoms with van der Waals surface area (Å²) in [5, 5.41) is 3.99. The van der Waals surface area contributed by atoms with E-state index >= 15 is 0 Å². The molecular weight excluding hydrogens is 370 g/mol. The van der Waals surface area contributed by atoms with Gasteiger partial charge in [-0.05, 0) is 55.2 Å². The fraction of sp³-hybridized carbons (Fsp3) is 0.318. The van der Waals surface area contributed by atoms with Gasteiger partial charge in [0.2, 0.25) is 5.91 Å². The lowest BCUT2D eigenvalue weighted by Crippen LogP contribution is -2.29. The second kappa shape index (κ2) is 8.61. The number of carbonyl (C=O) groups excluding carboxylic acids is 1. The molecule has 0 bridgehead atoms. The molecule has 28 heavy (non-hydrogen) atoms. The molecule has 0 aliphatic carbocycles. The van der Waals surface area contributed by atoms with Crippen molar-refractivity contribution in [3.63, 3.8) is 0 Å². The van der Waals surface area contributed by atoms with E-state index in [4.69, 9.17) is 0 Å². The molecule has 0 radical (unpaired) electrons. The minimum Gasteiger partial charge on any atom is -0.355 e. The molecule has 3 rings (SSSR count). The Morgan fingerprint density at radius 3 is 2.50 bits per heavy atom. The molecule has 1 N–H and O–H groups in total. The van der Waals surface area contributed by atoms with Gasteiger partial charge in [0.1, 0.15) is 0 Å². The van der Waals surface area contributed by atoms with Crippen LogP contribution in [0.15, 0.2) is 52.4 Å². The first-order valence-electron chi connectivity index (χ1n) is 9.35. The van der Waals surface area contributed by atoms with Gasteiger partial charge in [-0.2, -0.15) is 0 Å². The van der Waals surface area contributed by atoms with Crippen LogP contribution in [0.2, 0.25) is 0 Å². The summed E-state index contributed by atoms with van der Waals surface area (Å²) in [6.07, 6.45) is 0. The molecule has 1 heterocycles. The van der Waals surface area contributed by atoms with Crippen LogP contribution in [0.5, 0.6) is 0 Å². The highest BCUT2D eigenvalue weighted by Crippen LogP contribution is 2.22. The molecule has 2 aromatic carbocycles. The molecule has 146 valence electrons. The number of fused-ring (bicyclic) bond motifs is 1. The number of rotatable bonds is 6. The van der Waals surface area contributed by atoms with Crippen molar-refractivity contribution in [3.8, 4) is 5.69 Å². The third-order valence-corrected chi connectivity index (χ3v) is 5.19. The quantitative estimate of drug-likeness (QED) is 0.508. The Morgan fingerprint density at radius 1 is 1.14 bits per heavy atom. The van der Waals surface area contributed by atoms with Crippen molar-refractivity contribution in [2.45, 2.75) is 32.9 Å². The first-order chi connectivity index (χ1) is 13.3. The highest BCUT2D eigenvalue weighted by Gasteiger charge is 2.15. The second-order valence-electron chi connectivity index (χ2n) is 7.38. The summed E-state index contributed by atoms with van der Waals surface area (Å²) in [5.41, 5.74) is 3.42. The van der Waals surface area contributed by atoms with Crippen molar-refractivity contribution in [2.24, 2.45) is 5.92 Å². The van der Waals surface area contributed by atoms with Crippen molar-refractivity contribution in [1.29, 1.82) is 0 Å². The Hall–Kier alpha value is -2.60. The fourth-order valence-corrected chi connectivity index (χ4v) is 3.86. The Labute approximate surface area is 169 Å². The van der Waals surface area contributed by atoms with Crippen LogP contribution in [-0.2, 0) is 4.79 Å². The minimum atomic E-state index is -0.124. The van der Waals surface area contributed by atoms with E-state index in [1.54, 1.807) is 10.6 Å². The highest BCUT2D eigenvalue weighted by atomic mass is 32.2. The van der Waals surface area contributed by atoms with E-state index in [-0.39, 0.29) is 17.2 Å². The molecule has 0 atom stereocenters. The number of thioether (sulfide) groups is 1. The van der Waals surface area contributed by atoms with Crippen LogP contribution in [0, 0.1) is 19.8 Å². The van der Waals surface area contributed by atoms with E-state index in [1.165, 1.54) is 11.8 Å². The van der Waals surface area contributed by atoms with Gasteiger partial charge in [0, 0.05) is 6.54 Å². The molecule has 1 amide bonds. The number of carbonyl (C=O) groups is 1. The van der Waals surface area contributed by atoms with Crippen LogP contribution in [0.1, 0.15) is 25.0 Å². The predicted octanol–water partition coefficient (Wildman–Crippen LogP) is 3.87. The van der Waals surface area contributed by atoms with E-state index in [9.17, 15) is 9.59 Å². The Balaban J connectivity index is 2.05. The monoisotopic (exact) mass is 395 g/mol. The molecule has 3 aromatic rings. The minimum absolute atomic E-state index is 0.0620. The Morgan fingerprint density at radius 2 is 1.82 bits per heavy atom. The van der Waals surface area contributed by atoms with Gasteiger partial charge in [-0.25, -0.2) is 4.98 Å². The zero-order valence-corrected chi connectivity index (χ0v) is 17.5. The van der Waals surface area contributed by atoms with E-state index in [0.29, 0.717) is 28.5 Å². The van der Waals surface area contributed by atoms with Gasteiger partial charge in [0.25, 0.3) is 5.56 Å². The summed E-state index contributed by atoms with van der Waals surface area (Å²) >= 11 is 1.28. The average Bonchev–Trinajstić information content (AvgIpc) is 2.64. The standard InChI is InChI=1S/C22H25N3O2S/c1-14(2)12-23-20(26)13-28-22-24-19-8-6-5-7-18(19)21(27)25(22)17-10-15(3)9-16(4)11-17/h5-11,14H,12-13H2,1-4H3,(H,23,26). The van der Waals surface area contributed by atoms with Gasteiger partial charge in [0.15, 0.2) is 5.16 Å². The van der Waals surface area contributed by atoms with Gasteiger partial charge < -0.3 is 5.32 Å². The molecule has 0 unspecified atom stereocenters. The van der Waals surface area contributed by atoms with Crippen LogP contribution < -0.4 is 10.9 Å². The number of nitrogens with zero attached hydrogens (tertiary/aromatic N) is 2. The SMILES string of the molecule is Cc1cc(C)cc(-n2c(SCC(=O)NCC(C)C)nc3ccccc3c2=O)c1. The summed E-state index contributed by atoms with van der Waals surface area (Å²) in [7, 11) is 0. The predicted molar refractivity (Wildman–Crippen MR) is 115 cm³/mol. The van der Waals surface area contributed by atoms with Gasteiger partial charge in [-0.1, -0.05) is 43.8 Å². The van der Waals surface area contributed by atoms with Gasteiger partial charge in [-0.15, -0.1) is 0 Å². The molecule has 6 heteroatoms. The number of hydrogen-bond donors (Lipinski definition) is 1. The van der Waals surface area contributed by atoms with Gasteiger partial charge in [-0.3, -0.25) is 14.2 Å². The van der Waals surface area contributed by atoms with Crippen LogP contribution in [0.4, 0.5) is 0 Å². The lowest BCUT2D eigenvalue weighted by molar-refractivity contribution is -0.118. The molecule has 0 spiro atoms. The van der Waals surface area contributed by atoms with E-state index < -0.39 is 0 Å². The lowest BCUT2D eigenvalue weighted by Gasteiger charge is -2.14. The number of hydrogen-bond acceptors (Lipinski definition) is 4. The third-order valence-electron chi connectivity index (χ3n) is 4.25. The van der Waals surface area contributed by atoms with Gasteiger partial charge >= 0.3 is 0 Å². The van der Waals surface area contributed by atoms with E-state index in [0.717, 1.165) is 16.8 Å². The second-order valence-corrected chi connectivity index (χ2v) is 8.33. The maximum Gasteiger partial charge on any atom is 0.266 e. The normalized spacial score (nSPS) is 11.2.